The molecule has 3 rings (SSSR count). The Morgan fingerprint density at radius 1 is 1.04 bits per heavy atom. The lowest BCUT2D eigenvalue weighted by Gasteiger charge is -2.34. The maximum atomic E-state index is 12.8. The van der Waals surface area contributed by atoms with Crippen molar-refractivity contribution in [1.29, 1.82) is 0 Å². The summed E-state index contributed by atoms with van der Waals surface area (Å²) in [7, 11) is 1.58. The number of para-hydroxylation sites is 1. The van der Waals surface area contributed by atoms with E-state index >= 15 is 0 Å². The molecule has 0 aromatic heterocycles. The fourth-order valence-electron chi connectivity index (χ4n) is 3.32. The molecule has 28 heavy (non-hydrogen) atoms. The lowest BCUT2D eigenvalue weighted by atomic mass is 9.81. The van der Waals surface area contributed by atoms with Crippen molar-refractivity contribution in [3.8, 4) is 5.75 Å². The average Bonchev–Trinajstić information content (AvgIpc) is 2.73. The van der Waals surface area contributed by atoms with E-state index in [0.29, 0.717) is 29.1 Å². The molecular formula is C22H27N3O3. The first-order valence-corrected chi connectivity index (χ1v) is 9.54. The van der Waals surface area contributed by atoms with Gasteiger partial charge in [0.1, 0.15) is 5.75 Å². The Kier molecular flexibility index (Phi) is 6.31. The van der Waals surface area contributed by atoms with E-state index in [4.69, 9.17) is 4.74 Å². The summed E-state index contributed by atoms with van der Waals surface area (Å²) in [6.45, 7) is 4.77. The zero-order chi connectivity index (χ0) is 20.0. The quantitative estimate of drug-likeness (QED) is 0.719. The third-order valence-corrected chi connectivity index (χ3v) is 5.26. The molecule has 1 aliphatic heterocycles. The third-order valence-electron chi connectivity index (χ3n) is 5.26. The molecule has 1 heterocycles. The molecule has 6 nitrogen and oxygen atoms in total. The van der Waals surface area contributed by atoms with Crippen molar-refractivity contribution < 1.29 is 14.3 Å². The number of benzene rings is 2. The van der Waals surface area contributed by atoms with Crippen molar-refractivity contribution in [3.05, 3.63) is 59.7 Å². The molecular weight excluding hydrogens is 354 g/mol. The number of carbonyl (C=O) groups excluding carboxylic acids is 2. The van der Waals surface area contributed by atoms with Gasteiger partial charge in [0.05, 0.1) is 18.4 Å². The number of hydrogen-bond donors (Lipinski definition) is 3. The van der Waals surface area contributed by atoms with Gasteiger partial charge in [0.15, 0.2) is 0 Å². The molecule has 0 spiro atoms. The molecule has 1 aliphatic rings. The van der Waals surface area contributed by atoms with Crippen LogP contribution in [0.25, 0.3) is 0 Å². The minimum absolute atomic E-state index is 0.0994. The third kappa shape index (κ3) is 4.89. The zero-order valence-corrected chi connectivity index (χ0v) is 16.4. The van der Waals surface area contributed by atoms with Crippen LogP contribution in [0.3, 0.4) is 0 Å². The van der Waals surface area contributed by atoms with Gasteiger partial charge < -0.3 is 20.7 Å². The van der Waals surface area contributed by atoms with Crippen LogP contribution in [0.15, 0.2) is 48.5 Å². The molecule has 0 saturated carbocycles. The maximum absolute atomic E-state index is 12.8. The minimum atomic E-state index is -0.270. The summed E-state index contributed by atoms with van der Waals surface area (Å²) in [5.41, 5.74) is 1.55. The number of piperidine rings is 1. The smallest absolute Gasteiger partial charge is 0.255 e. The highest BCUT2D eigenvalue weighted by atomic mass is 16.5. The van der Waals surface area contributed by atoms with E-state index in [2.05, 4.69) is 22.9 Å². The Morgan fingerprint density at radius 2 is 1.71 bits per heavy atom. The first-order chi connectivity index (χ1) is 13.5. The van der Waals surface area contributed by atoms with Crippen molar-refractivity contribution in [1.82, 2.24) is 10.6 Å². The second-order valence-electron chi connectivity index (χ2n) is 7.47. The van der Waals surface area contributed by atoms with Gasteiger partial charge in [-0.25, -0.2) is 0 Å². The highest BCUT2D eigenvalue weighted by Gasteiger charge is 2.27. The summed E-state index contributed by atoms with van der Waals surface area (Å²) in [6, 6.07) is 13.9. The van der Waals surface area contributed by atoms with Gasteiger partial charge in [-0.1, -0.05) is 19.1 Å². The number of hydrogen-bond acceptors (Lipinski definition) is 4. The van der Waals surface area contributed by atoms with Gasteiger partial charge in [0.25, 0.3) is 11.8 Å². The highest BCUT2D eigenvalue weighted by molar-refractivity contribution is 6.09. The molecule has 0 aliphatic carbocycles. The molecule has 2 aromatic rings. The van der Waals surface area contributed by atoms with E-state index in [1.165, 1.54) is 0 Å². The molecule has 0 bridgehead atoms. The van der Waals surface area contributed by atoms with Gasteiger partial charge in [0.2, 0.25) is 0 Å². The molecule has 0 radical (unpaired) electrons. The highest BCUT2D eigenvalue weighted by Crippen LogP contribution is 2.27. The minimum Gasteiger partial charge on any atom is -0.497 e. The standard InChI is InChI=1S/C22H27N3O3/c1-22(11-13-23-14-12-22)15-24-21(27)18-5-3-4-6-19(18)25-20(26)16-7-9-17(28-2)10-8-16/h3-10,23H,11-15H2,1-2H3,(H,24,27)(H,25,26). The van der Waals surface area contributed by atoms with Crippen LogP contribution >= 0.6 is 0 Å². The fourth-order valence-corrected chi connectivity index (χ4v) is 3.32. The van der Waals surface area contributed by atoms with Crippen LogP contribution in [0, 0.1) is 5.41 Å². The van der Waals surface area contributed by atoms with E-state index in [-0.39, 0.29) is 17.2 Å². The van der Waals surface area contributed by atoms with Crippen molar-refractivity contribution in [3.63, 3.8) is 0 Å². The van der Waals surface area contributed by atoms with E-state index < -0.39 is 0 Å². The molecule has 0 unspecified atom stereocenters. The van der Waals surface area contributed by atoms with Crippen LogP contribution < -0.4 is 20.7 Å². The first kappa shape index (κ1) is 19.9. The van der Waals surface area contributed by atoms with Gasteiger partial charge in [-0.15, -0.1) is 0 Å². The van der Waals surface area contributed by atoms with Crippen LogP contribution in [0.1, 0.15) is 40.5 Å². The Labute approximate surface area is 165 Å². The van der Waals surface area contributed by atoms with Gasteiger partial charge in [-0.3, -0.25) is 9.59 Å². The zero-order valence-electron chi connectivity index (χ0n) is 16.4. The van der Waals surface area contributed by atoms with Crippen molar-refractivity contribution in [2.24, 2.45) is 5.41 Å². The Hall–Kier alpha value is -2.86. The van der Waals surface area contributed by atoms with E-state index in [1.54, 1.807) is 55.6 Å². The number of nitrogens with one attached hydrogen (secondary N) is 3. The van der Waals surface area contributed by atoms with Crippen molar-refractivity contribution in [2.75, 3.05) is 32.1 Å². The molecule has 0 atom stereocenters. The summed E-state index contributed by atoms with van der Waals surface area (Å²) >= 11 is 0. The maximum Gasteiger partial charge on any atom is 0.255 e. The Morgan fingerprint density at radius 3 is 2.39 bits per heavy atom. The summed E-state index contributed by atoms with van der Waals surface area (Å²) < 4.78 is 5.11. The van der Waals surface area contributed by atoms with Gasteiger partial charge >= 0.3 is 0 Å². The normalized spacial score (nSPS) is 15.5. The second-order valence-corrected chi connectivity index (χ2v) is 7.47. The largest absolute Gasteiger partial charge is 0.497 e. The van der Waals surface area contributed by atoms with Crippen LogP contribution in [0.5, 0.6) is 5.75 Å². The summed E-state index contributed by atoms with van der Waals surface area (Å²) in [5.74, 6) is 0.237. The van der Waals surface area contributed by atoms with Crippen molar-refractivity contribution in [2.45, 2.75) is 19.8 Å². The molecule has 2 amide bonds. The van der Waals surface area contributed by atoms with Crippen LogP contribution in [-0.4, -0.2) is 38.6 Å². The monoisotopic (exact) mass is 381 g/mol. The number of methoxy groups -OCH3 is 1. The lowest BCUT2D eigenvalue weighted by molar-refractivity contribution is 0.0923. The number of ether oxygens (including phenoxy) is 1. The molecule has 3 N–H and O–H groups in total. The first-order valence-electron chi connectivity index (χ1n) is 9.54. The number of amides is 2. The molecule has 148 valence electrons. The topological polar surface area (TPSA) is 79.5 Å². The van der Waals surface area contributed by atoms with Crippen LogP contribution in [0.2, 0.25) is 0 Å². The predicted octanol–water partition coefficient (Wildman–Crippen LogP) is 3.07. The fraction of sp³-hybridized carbons (Fsp3) is 0.364. The Balaban J connectivity index is 1.67. The van der Waals surface area contributed by atoms with Gasteiger partial charge in [-0.2, -0.15) is 0 Å². The number of rotatable bonds is 6. The predicted molar refractivity (Wildman–Crippen MR) is 110 cm³/mol. The summed E-state index contributed by atoms with van der Waals surface area (Å²) in [4.78, 5) is 25.3. The molecule has 1 saturated heterocycles. The number of carbonyl (C=O) groups is 2. The number of anilines is 1. The van der Waals surface area contributed by atoms with E-state index in [9.17, 15) is 9.59 Å². The summed E-state index contributed by atoms with van der Waals surface area (Å²) in [5, 5.41) is 9.23. The van der Waals surface area contributed by atoms with E-state index in [0.717, 1.165) is 25.9 Å². The van der Waals surface area contributed by atoms with Crippen molar-refractivity contribution >= 4 is 17.5 Å². The molecule has 6 heteroatoms. The van der Waals surface area contributed by atoms with Gasteiger partial charge in [-0.05, 0) is 67.7 Å². The average molecular weight is 381 g/mol. The van der Waals surface area contributed by atoms with Gasteiger partial charge in [0, 0.05) is 12.1 Å². The summed E-state index contributed by atoms with van der Waals surface area (Å²) in [6.07, 6.45) is 2.06. The second kappa shape index (κ2) is 8.89. The molecule has 1 fully saturated rings. The van der Waals surface area contributed by atoms with E-state index in [1.807, 2.05) is 0 Å². The Bertz CT molecular complexity index is 827. The SMILES string of the molecule is COc1ccc(C(=O)Nc2ccccc2C(=O)NCC2(C)CCNCC2)cc1. The molecule has 2 aromatic carbocycles. The van der Waals surface area contributed by atoms with Crippen LogP contribution in [-0.2, 0) is 0 Å². The van der Waals surface area contributed by atoms with Crippen LogP contribution in [0.4, 0.5) is 5.69 Å². The lowest BCUT2D eigenvalue weighted by Crippen LogP contribution is -2.43.